The largest absolute Gasteiger partial charge is 0.504 e. The van der Waals surface area contributed by atoms with Crippen LogP contribution in [0.25, 0.3) is 0 Å². The van der Waals surface area contributed by atoms with E-state index in [4.69, 9.17) is 27.9 Å². The summed E-state index contributed by atoms with van der Waals surface area (Å²) in [4.78, 5) is 26.1. The third-order valence-electron chi connectivity index (χ3n) is 3.60. The zero-order valence-electron chi connectivity index (χ0n) is 14.7. The number of phenols is 1. The van der Waals surface area contributed by atoms with Gasteiger partial charge < -0.3 is 20.1 Å². The molecule has 0 saturated carbocycles. The number of benzene rings is 2. The van der Waals surface area contributed by atoms with Crippen molar-refractivity contribution in [3.63, 3.8) is 0 Å². The number of hydrogen-bond donors (Lipinski definition) is 2. The number of nitrogens with zero attached hydrogens (tertiary/aromatic N) is 1. The van der Waals surface area contributed by atoms with Crippen molar-refractivity contribution in [2.75, 3.05) is 25.0 Å². The van der Waals surface area contributed by atoms with Gasteiger partial charge in [0.1, 0.15) is 0 Å². The first-order valence-corrected chi connectivity index (χ1v) is 9.09. The summed E-state index contributed by atoms with van der Waals surface area (Å²) in [5.74, 6) is -0.594. The van der Waals surface area contributed by atoms with E-state index >= 15 is 0 Å². The van der Waals surface area contributed by atoms with E-state index in [1.807, 2.05) is 6.92 Å². The van der Waals surface area contributed by atoms with Crippen LogP contribution in [0.1, 0.15) is 13.3 Å². The second-order valence-electron chi connectivity index (χ2n) is 5.74. The lowest BCUT2D eigenvalue weighted by atomic mass is 10.3. The summed E-state index contributed by atoms with van der Waals surface area (Å²) in [6.45, 7) is 1.87. The first-order valence-electron chi connectivity index (χ1n) is 8.34. The Kier molecular flexibility index (Phi) is 7.76. The van der Waals surface area contributed by atoms with Crippen LogP contribution < -0.4 is 10.1 Å². The van der Waals surface area contributed by atoms with Gasteiger partial charge in [0, 0.05) is 11.6 Å². The van der Waals surface area contributed by atoms with Crippen molar-refractivity contribution in [3.8, 4) is 11.5 Å². The van der Waals surface area contributed by atoms with Crippen LogP contribution in [0.3, 0.4) is 0 Å². The van der Waals surface area contributed by atoms with E-state index in [1.54, 1.807) is 30.3 Å². The van der Waals surface area contributed by atoms with Crippen molar-refractivity contribution >= 4 is 40.7 Å². The molecule has 0 unspecified atom stereocenters. The number of phenolic OH excluding ortho intramolecular Hbond substituents is 1. The van der Waals surface area contributed by atoms with Crippen LogP contribution in [0.4, 0.5) is 5.69 Å². The average Bonchev–Trinajstić information content (AvgIpc) is 2.63. The normalized spacial score (nSPS) is 10.3. The van der Waals surface area contributed by atoms with E-state index < -0.39 is 0 Å². The predicted molar refractivity (Wildman–Crippen MR) is 106 cm³/mol. The smallest absolute Gasteiger partial charge is 0.260 e. The number of carbonyl (C=O) groups is 2. The SMILES string of the molecule is CCCN(CC(=O)Nc1ccc(Cl)cc1Cl)C(=O)COc1ccccc1O. The van der Waals surface area contributed by atoms with E-state index in [0.29, 0.717) is 28.7 Å². The highest BCUT2D eigenvalue weighted by Gasteiger charge is 2.18. The summed E-state index contributed by atoms with van der Waals surface area (Å²) >= 11 is 11.9. The molecule has 2 aromatic carbocycles. The third kappa shape index (κ3) is 6.34. The zero-order valence-corrected chi connectivity index (χ0v) is 16.3. The summed E-state index contributed by atoms with van der Waals surface area (Å²) < 4.78 is 5.35. The number of halogens is 2. The summed E-state index contributed by atoms with van der Waals surface area (Å²) in [5, 5.41) is 13.1. The molecule has 0 aliphatic heterocycles. The number of aromatic hydroxyl groups is 1. The van der Waals surface area contributed by atoms with Gasteiger partial charge in [0.25, 0.3) is 5.91 Å². The van der Waals surface area contributed by atoms with Gasteiger partial charge in [-0.1, -0.05) is 42.3 Å². The molecular formula is C19H20Cl2N2O4. The molecule has 2 aromatic rings. The number of amides is 2. The van der Waals surface area contributed by atoms with Crippen molar-refractivity contribution in [2.24, 2.45) is 0 Å². The lowest BCUT2D eigenvalue weighted by molar-refractivity contribution is -0.136. The van der Waals surface area contributed by atoms with Gasteiger partial charge >= 0.3 is 0 Å². The summed E-state index contributed by atoms with van der Waals surface area (Å²) in [6.07, 6.45) is 0.678. The lowest BCUT2D eigenvalue weighted by Crippen LogP contribution is -2.41. The molecular weight excluding hydrogens is 391 g/mol. The zero-order chi connectivity index (χ0) is 19.8. The van der Waals surface area contributed by atoms with E-state index in [-0.39, 0.29) is 36.5 Å². The van der Waals surface area contributed by atoms with Gasteiger partial charge in [0.05, 0.1) is 17.3 Å². The van der Waals surface area contributed by atoms with Crippen molar-refractivity contribution in [2.45, 2.75) is 13.3 Å². The Hall–Kier alpha value is -2.44. The Labute approximate surface area is 167 Å². The minimum absolute atomic E-state index is 0.0533. The molecule has 2 N–H and O–H groups in total. The first kappa shape index (κ1) is 20.9. The minimum Gasteiger partial charge on any atom is -0.504 e. The third-order valence-corrected chi connectivity index (χ3v) is 4.15. The highest BCUT2D eigenvalue weighted by Crippen LogP contribution is 2.25. The Morgan fingerprint density at radius 2 is 1.93 bits per heavy atom. The summed E-state index contributed by atoms with van der Waals surface area (Å²) in [6, 6.07) is 11.1. The molecule has 0 saturated heterocycles. The van der Waals surface area contributed by atoms with Gasteiger partial charge in [-0.25, -0.2) is 0 Å². The fourth-order valence-electron chi connectivity index (χ4n) is 2.33. The second kappa shape index (κ2) is 10.0. The van der Waals surface area contributed by atoms with Crippen LogP contribution in [0.2, 0.25) is 10.0 Å². The molecule has 0 radical (unpaired) electrons. The lowest BCUT2D eigenvalue weighted by Gasteiger charge is -2.22. The molecule has 0 spiro atoms. The Morgan fingerprint density at radius 1 is 1.19 bits per heavy atom. The number of anilines is 1. The van der Waals surface area contributed by atoms with E-state index in [9.17, 15) is 14.7 Å². The van der Waals surface area contributed by atoms with Crippen molar-refractivity contribution in [1.29, 1.82) is 0 Å². The van der Waals surface area contributed by atoms with Crippen LogP contribution in [-0.2, 0) is 9.59 Å². The molecule has 144 valence electrons. The number of nitrogens with one attached hydrogen (secondary N) is 1. The maximum absolute atomic E-state index is 12.4. The van der Waals surface area contributed by atoms with Crippen molar-refractivity contribution < 1.29 is 19.4 Å². The number of rotatable bonds is 8. The van der Waals surface area contributed by atoms with Gasteiger partial charge in [0.15, 0.2) is 18.1 Å². The molecule has 2 rings (SSSR count). The van der Waals surface area contributed by atoms with E-state index in [0.717, 1.165) is 0 Å². The number of hydrogen-bond acceptors (Lipinski definition) is 4. The Morgan fingerprint density at radius 3 is 2.59 bits per heavy atom. The van der Waals surface area contributed by atoms with Crippen molar-refractivity contribution in [3.05, 3.63) is 52.5 Å². The van der Waals surface area contributed by atoms with Crippen LogP contribution >= 0.6 is 23.2 Å². The first-order chi connectivity index (χ1) is 12.9. The quantitative estimate of drug-likeness (QED) is 0.690. The van der Waals surface area contributed by atoms with Gasteiger partial charge in [-0.3, -0.25) is 9.59 Å². The second-order valence-corrected chi connectivity index (χ2v) is 6.59. The monoisotopic (exact) mass is 410 g/mol. The summed E-state index contributed by atoms with van der Waals surface area (Å²) in [5.41, 5.74) is 0.417. The van der Waals surface area contributed by atoms with Gasteiger partial charge in [-0.15, -0.1) is 0 Å². The number of ether oxygens (including phenoxy) is 1. The summed E-state index contributed by atoms with van der Waals surface area (Å²) in [7, 11) is 0. The van der Waals surface area contributed by atoms with E-state index in [2.05, 4.69) is 5.32 Å². The average molecular weight is 411 g/mol. The van der Waals surface area contributed by atoms with Crippen molar-refractivity contribution in [1.82, 2.24) is 4.90 Å². The molecule has 0 aliphatic rings. The molecule has 8 heteroatoms. The Balaban J connectivity index is 1.95. The molecule has 0 atom stereocenters. The van der Waals surface area contributed by atoms with Crippen LogP contribution in [-0.4, -0.2) is 41.5 Å². The Bertz CT molecular complexity index is 814. The molecule has 0 aromatic heterocycles. The topological polar surface area (TPSA) is 78.9 Å². The molecule has 6 nitrogen and oxygen atoms in total. The standard InChI is InChI=1S/C19H20Cl2N2O4/c1-2-9-23(19(26)12-27-17-6-4-3-5-16(17)24)11-18(25)22-15-8-7-13(20)10-14(15)21/h3-8,10,24H,2,9,11-12H2,1H3,(H,22,25). The molecule has 0 heterocycles. The fourth-order valence-corrected chi connectivity index (χ4v) is 2.78. The maximum atomic E-state index is 12.4. The van der Waals surface area contributed by atoms with Crippen LogP contribution in [0.15, 0.2) is 42.5 Å². The van der Waals surface area contributed by atoms with Gasteiger partial charge in [-0.2, -0.15) is 0 Å². The highest BCUT2D eigenvalue weighted by atomic mass is 35.5. The molecule has 0 aliphatic carbocycles. The fraction of sp³-hybridized carbons (Fsp3) is 0.263. The van der Waals surface area contributed by atoms with Crippen LogP contribution in [0.5, 0.6) is 11.5 Å². The number of para-hydroxylation sites is 2. The van der Waals surface area contributed by atoms with Gasteiger partial charge in [0.2, 0.25) is 5.91 Å². The van der Waals surface area contributed by atoms with Gasteiger partial charge in [-0.05, 0) is 36.8 Å². The molecule has 0 bridgehead atoms. The number of carbonyl (C=O) groups excluding carboxylic acids is 2. The molecule has 27 heavy (non-hydrogen) atoms. The predicted octanol–water partition coefficient (Wildman–Crippen LogP) is 3.96. The van der Waals surface area contributed by atoms with E-state index in [1.165, 1.54) is 17.0 Å². The molecule has 2 amide bonds. The maximum Gasteiger partial charge on any atom is 0.260 e. The molecule has 0 fully saturated rings. The highest BCUT2D eigenvalue weighted by molar-refractivity contribution is 6.36. The minimum atomic E-state index is -0.386. The van der Waals surface area contributed by atoms with Crippen LogP contribution in [0, 0.1) is 0 Å².